The van der Waals surface area contributed by atoms with E-state index >= 15 is 0 Å². The van der Waals surface area contributed by atoms with Crippen molar-refractivity contribution in [2.45, 2.75) is 19.3 Å². The summed E-state index contributed by atoms with van der Waals surface area (Å²) in [7, 11) is 4.08. The van der Waals surface area contributed by atoms with Gasteiger partial charge in [-0.25, -0.2) is 9.97 Å². The average molecular weight is 509 g/mol. The number of carbonyl (C=O) groups excluding carboxylic acids is 1. The fourth-order valence-corrected chi connectivity index (χ4v) is 4.71. The Kier molecular flexibility index (Phi) is 8.51. The van der Waals surface area contributed by atoms with E-state index in [0.29, 0.717) is 41.2 Å². The summed E-state index contributed by atoms with van der Waals surface area (Å²) in [4.78, 5) is 33.1. The zero-order valence-corrected chi connectivity index (χ0v) is 21.7. The van der Waals surface area contributed by atoms with Crippen molar-refractivity contribution in [3.8, 4) is 11.3 Å². The van der Waals surface area contributed by atoms with Gasteiger partial charge in [0.2, 0.25) is 0 Å². The van der Waals surface area contributed by atoms with Crippen LogP contribution in [0.25, 0.3) is 22.3 Å². The molecular weight excluding hydrogens is 476 g/mol. The first kappa shape index (κ1) is 26.0. The monoisotopic (exact) mass is 508 g/mol. The third kappa shape index (κ3) is 5.51. The molecule has 8 nitrogen and oxygen atoms in total. The van der Waals surface area contributed by atoms with Crippen molar-refractivity contribution >= 4 is 35.1 Å². The number of para-hydroxylation sites is 1. The Morgan fingerprint density at radius 1 is 1.06 bits per heavy atom. The molecule has 1 fully saturated rings. The van der Waals surface area contributed by atoms with Crippen LogP contribution in [0.4, 0.5) is 0 Å². The predicted octanol–water partition coefficient (Wildman–Crippen LogP) is 3.58. The van der Waals surface area contributed by atoms with Crippen LogP contribution in [-0.2, 0) is 4.84 Å². The van der Waals surface area contributed by atoms with E-state index < -0.39 is 0 Å². The zero-order valence-electron chi connectivity index (χ0n) is 20.9. The minimum atomic E-state index is -0.117. The van der Waals surface area contributed by atoms with E-state index in [-0.39, 0.29) is 18.3 Å². The molecule has 36 heavy (non-hydrogen) atoms. The number of halogens is 1. The normalized spacial score (nSPS) is 15.7. The van der Waals surface area contributed by atoms with Crippen molar-refractivity contribution in [3.63, 3.8) is 0 Å². The number of carbonyl (C=O) groups is 1. The number of oxime groups is 1. The molecule has 190 valence electrons. The molecule has 0 unspecified atom stereocenters. The summed E-state index contributed by atoms with van der Waals surface area (Å²) in [6.45, 7) is 5.19. The van der Waals surface area contributed by atoms with Crippen molar-refractivity contribution in [1.82, 2.24) is 25.1 Å². The van der Waals surface area contributed by atoms with Gasteiger partial charge in [0.25, 0.3) is 5.91 Å². The number of aromatic nitrogens is 2. The molecule has 1 N–H and O–H groups in total. The van der Waals surface area contributed by atoms with Gasteiger partial charge in [-0.1, -0.05) is 35.5 Å². The number of rotatable bonds is 9. The topological polar surface area (TPSA) is 82.9 Å². The molecule has 5 rings (SSSR count). The lowest BCUT2D eigenvalue weighted by atomic mass is 10.1. The van der Waals surface area contributed by atoms with Gasteiger partial charge in [-0.2, -0.15) is 0 Å². The maximum Gasteiger partial charge on any atom is 0.253 e. The SMILES string of the molecule is CN(C)CCCO/N=C1\c2ccccc2-c2nc3c(C(=O)NCCN4CCCC4)cccc3nc21.Cl. The molecule has 2 aliphatic rings. The van der Waals surface area contributed by atoms with Crippen LogP contribution in [0.3, 0.4) is 0 Å². The van der Waals surface area contributed by atoms with Gasteiger partial charge < -0.3 is 20.0 Å². The first-order valence-electron chi connectivity index (χ1n) is 12.4. The summed E-state index contributed by atoms with van der Waals surface area (Å²) >= 11 is 0. The van der Waals surface area contributed by atoms with Gasteiger partial charge >= 0.3 is 0 Å². The van der Waals surface area contributed by atoms with Crippen molar-refractivity contribution < 1.29 is 9.63 Å². The number of hydrogen-bond donors (Lipinski definition) is 1. The van der Waals surface area contributed by atoms with E-state index in [0.717, 1.165) is 49.4 Å². The maximum absolute atomic E-state index is 13.0. The number of benzene rings is 2. The number of likely N-dealkylation sites (tertiary alicyclic amines) is 1. The van der Waals surface area contributed by atoms with Gasteiger partial charge in [-0.05, 0) is 58.6 Å². The van der Waals surface area contributed by atoms with Gasteiger partial charge in [0.05, 0.1) is 16.8 Å². The van der Waals surface area contributed by atoms with Crippen LogP contribution in [0, 0.1) is 0 Å². The molecule has 1 saturated heterocycles. The van der Waals surface area contributed by atoms with Crippen LogP contribution in [0.5, 0.6) is 0 Å². The van der Waals surface area contributed by atoms with Crippen molar-refractivity contribution in [1.29, 1.82) is 0 Å². The zero-order chi connectivity index (χ0) is 24.2. The minimum Gasteiger partial charge on any atom is -0.395 e. The summed E-state index contributed by atoms with van der Waals surface area (Å²) in [5.41, 5.74) is 5.84. The van der Waals surface area contributed by atoms with E-state index in [9.17, 15) is 4.79 Å². The van der Waals surface area contributed by atoms with E-state index in [1.807, 2.05) is 56.6 Å². The lowest BCUT2D eigenvalue weighted by Gasteiger charge is -2.15. The first-order chi connectivity index (χ1) is 17.1. The molecule has 0 radical (unpaired) electrons. The highest BCUT2D eigenvalue weighted by atomic mass is 35.5. The van der Waals surface area contributed by atoms with Crippen molar-refractivity contribution in [2.24, 2.45) is 5.16 Å². The Bertz CT molecular complexity index is 1260. The predicted molar refractivity (Wildman–Crippen MR) is 145 cm³/mol. The van der Waals surface area contributed by atoms with Gasteiger partial charge in [0.15, 0.2) is 0 Å². The standard InChI is InChI=1S/C27H32N6O2.ClH/c1-32(2)14-8-18-35-31-25-20-10-4-3-9-19(20)24-26(25)29-22-12-7-11-21(23(22)30-24)27(34)28-13-17-33-15-5-6-16-33;/h3-4,7,9-12H,5-6,8,13-18H2,1-2H3,(H,28,34);1H/b31-25+;. The Hall–Kier alpha value is -3.07. The van der Waals surface area contributed by atoms with Crippen LogP contribution in [0.1, 0.15) is 40.9 Å². The van der Waals surface area contributed by atoms with E-state index in [1.54, 1.807) is 0 Å². The molecular formula is C27H33ClN6O2. The van der Waals surface area contributed by atoms with Gasteiger partial charge in [0, 0.05) is 30.8 Å². The lowest BCUT2D eigenvalue weighted by Crippen LogP contribution is -2.33. The maximum atomic E-state index is 13.0. The summed E-state index contributed by atoms with van der Waals surface area (Å²) < 4.78 is 0. The summed E-state index contributed by atoms with van der Waals surface area (Å²) in [6, 6.07) is 13.5. The fraction of sp³-hybridized carbons (Fsp3) is 0.407. The molecule has 3 aromatic rings. The Morgan fingerprint density at radius 2 is 1.83 bits per heavy atom. The Labute approximate surface area is 218 Å². The molecule has 9 heteroatoms. The first-order valence-corrected chi connectivity index (χ1v) is 12.4. The molecule has 2 aromatic carbocycles. The van der Waals surface area contributed by atoms with Crippen LogP contribution in [0.15, 0.2) is 47.6 Å². The summed E-state index contributed by atoms with van der Waals surface area (Å²) in [5.74, 6) is -0.117. The summed E-state index contributed by atoms with van der Waals surface area (Å²) in [5, 5.41) is 7.52. The molecule has 2 heterocycles. The molecule has 0 spiro atoms. The second kappa shape index (κ2) is 11.8. The van der Waals surface area contributed by atoms with Gasteiger partial charge in [-0.15, -0.1) is 12.4 Å². The lowest BCUT2D eigenvalue weighted by molar-refractivity contribution is 0.0951. The Morgan fingerprint density at radius 3 is 2.61 bits per heavy atom. The minimum absolute atomic E-state index is 0. The van der Waals surface area contributed by atoms with Gasteiger partial charge in [-0.3, -0.25) is 4.79 Å². The fourth-order valence-electron chi connectivity index (χ4n) is 4.71. The largest absolute Gasteiger partial charge is 0.395 e. The summed E-state index contributed by atoms with van der Waals surface area (Å²) in [6.07, 6.45) is 3.37. The van der Waals surface area contributed by atoms with Crippen LogP contribution in [0.2, 0.25) is 0 Å². The number of nitrogens with zero attached hydrogens (tertiary/aromatic N) is 5. The second-order valence-electron chi connectivity index (χ2n) is 9.37. The third-order valence-corrected chi connectivity index (χ3v) is 6.51. The number of fused-ring (bicyclic) bond motifs is 4. The number of hydrogen-bond acceptors (Lipinski definition) is 7. The van der Waals surface area contributed by atoms with E-state index in [2.05, 4.69) is 20.3 Å². The molecule has 1 amide bonds. The molecule has 0 bridgehead atoms. The Balaban J connectivity index is 0.00000304. The second-order valence-corrected chi connectivity index (χ2v) is 9.37. The molecule has 1 aliphatic heterocycles. The molecule has 1 aliphatic carbocycles. The van der Waals surface area contributed by atoms with Crippen molar-refractivity contribution in [2.75, 3.05) is 53.4 Å². The quantitative estimate of drug-likeness (QED) is 0.275. The highest BCUT2D eigenvalue weighted by molar-refractivity contribution is 6.23. The van der Waals surface area contributed by atoms with E-state index in [4.69, 9.17) is 14.8 Å². The molecule has 0 atom stereocenters. The van der Waals surface area contributed by atoms with E-state index in [1.165, 1.54) is 12.8 Å². The third-order valence-electron chi connectivity index (χ3n) is 6.51. The highest BCUT2D eigenvalue weighted by Gasteiger charge is 2.29. The number of amides is 1. The van der Waals surface area contributed by atoms with Crippen LogP contribution < -0.4 is 5.32 Å². The van der Waals surface area contributed by atoms with Crippen molar-refractivity contribution in [3.05, 3.63) is 59.3 Å². The smallest absolute Gasteiger partial charge is 0.253 e. The van der Waals surface area contributed by atoms with Crippen LogP contribution in [-0.4, -0.2) is 84.8 Å². The average Bonchev–Trinajstić information content (AvgIpc) is 3.48. The van der Waals surface area contributed by atoms with Crippen LogP contribution >= 0.6 is 12.4 Å². The highest BCUT2D eigenvalue weighted by Crippen LogP contribution is 2.36. The van der Waals surface area contributed by atoms with Gasteiger partial charge in [0.1, 0.15) is 23.5 Å². The molecule has 0 saturated carbocycles. The molecule has 1 aromatic heterocycles. The number of nitrogens with one attached hydrogen (secondary N) is 1.